The summed E-state index contributed by atoms with van der Waals surface area (Å²) in [6.07, 6.45) is 4.51. The van der Waals surface area contributed by atoms with E-state index in [1.807, 2.05) is 0 Å². The number of aryl methyl sites for hydroxylation is 1. The largest absolute Gasteiger partial charge is 0.496 e. The molecule has 1 aliphatic rings. The third-order valence-corrected chi connectivity index (χ3v) is 4.02. The second kappa shape index (κ2) is 4.65. The van der Waals surface area contributed by atoms with Crippen LogP contribution in [0.5, 0.6) is 5.75 Å². The Morgan fingerprint density at radius 2 is 2.06 bits per heavy atom. The van der Waals surface area contributed by atoms with Crippen molar-refractivity contribution in [2.75, 3.05) is 20.2 Å². The molecule has 1 fully saturated rings. The summed E-state index contributed by atoms with van der Waals surface area (Å²) in [6.45, 7) is 2.22. The molecule has 0 bridgehead atoms. The van der Waals surface area contributed by atoms with Gasteiger partial charge in [-0.1, -0.05) is 0 Å². The van der Waals surface area contributed by atoms with Crippen LogP contribution in [0.15, 0.2) is 24.4 Å². The summed E-state index contributed by atoms with van der Waals surface area (Å²) in [5.41, 5.74) is 2.66. The molecular formula is C15H20N2O. The molecule has 0 spiro atoms. The van der Waals surface area contributed by atoms with Crippen LogP contribution in [0.1, 0.15) is 24.3 Å². The van der Waals surface area contributed by atoms with Gasteiger partial charge in [-0.3, -0.25) is 0 Å². The summed E-state index contributed by atoms with van der Waals surface area (Å²) in [7, 11) is 3.87. The quantitative estimate of drug-likeness (QED) is 0.879. The molecule has 0 aliphatic carbocycles. The number of ether oxygens (including phenoxy) is 1. The van der Waals surface area contributed by atoms with Crippen molar-refractivity contribution in [3.05, 3.63) is 30.0 Å². The van der Waals surface area contributed by atoms with E-state index in [2.05, 4.69) is 41.3 Å². The fraction of sp³-hybridized carbons (Fsp3) is 0.467. The van der Waals surface area contributed by atoms with E-state index in [0.29, 0.717) is 5.92 Å². The van der Waals surface area contributed by atoms with Crippen LogP contribution in [-0.2, 0) is 7.05 Å². The lowest BCUT2D eigenvalue weighted by Gasteiger charge is -2.24. The third-order valence-electron chi connectivity index (χ3n) is 4.02. The van der Waals surface area contributed by atoms with E-state index in [1.54, 1.807) is 7.11 Å². The molecule has 0 unspecified atom stereocenters. The molecule has 0 saturated carbocycles. The normalized spacial score (nSPS) is 17.2. The molecule has 3 heteroatoms. The summed E-state index contributed by atoms with van der Waals surface area (Å²) in [5, 5.41) is 4.68. The molecular weight excluding hydrogens is 224 g/mol. The minimum atomic E-state index is 0.625. The van der Waals surface area contributed by atoms with Crippen LogP contribution in [0.3, 0.4) is 0 Å². The van der Waals surface area contributed by atoms with Crippen molar-refractivity contribution in [1.29, 1.82) is 0 Å². The fourth-order valence-corrected chi connectivity index (χ4v) is 2.94. The van der Waals surface area contributed by atoms with Gasteiger partial charge in [-0.2, -0.15) is 0 Å². The van der Waals surface area contributed by atoms with Gasteiger partial charge in [-0.25, -0.2) is 0 Å². The van der Waals surface area contributed by atoms with Crippen LogP contribution in [-0.4, -0.2) is 24.8 Å². The van der Waals surface area contributed by atoms with E-state index in [0.717, 1.165) is 18.8 Å². The van der Waals surface area contributed by atoms with Gasteiger partial charge in [0.15, 0.2) is 0 Å². The van der Waals surface area contributed by atoms with Crippen LogP contribution in [0.2, 0.25) is 0 Å². The minimum absolute atomic E-state index is 0.625. The van der Waals surface area contributed by atoms with Crippen molar-refractivity contribution in [3.8, 4) is 5.75 Å². The van der Waals surface area contributed by atoms with E-state index in [-0.39, 0.29) is 0 Å². The highest BCUT2D eigenvalue weighted by Crippen LogP contribution is 2.35. The van der Waals surface area contributed by atoms with Crippen LogP contribution in [0.25, 0.3) is 10.9 Å². The molecule has 1 aliphatic heterocycles. The zero-order valence-electron chi connectivity index (χ0n) is 11.1. The average molecular weight is 244 g/mol. The van der Waals surface area contributed by atoms with Crippen molar-refractivity contribution in [3.63, 3.8) is 0 Å². The Morgan fingerprint density at radius 3 is 2.78 bits per heavy atom. The van der Waals surface area contributed by atoms with Crippen molar-refractivity contribution >= 4 is 10.9 Å². The highest BCUT2D eigenvalue weighted by molar-refractivity contribution is 5.83. The molecule has 1 aromatic carbocycles. The second-order valence-corrected chi connectivity index (χ2v) is 5.10. The van der Waals surface area contributed by atoms with Crippen molar-refractivity contribution in [2.24, 2.45) is 7.05 Å². The smallest absolute Gasteiger partial charge is 0.123 e. The van der Waals surface area contributed by atoms with Gasteiger partial charge < -0.3 is 14.6 Å². The minimum Gasteiger partial charge on any atom is -0.496 e. The lowest BCUT2D eigenvalue weighted by atomic mass is 9.89. The molecule has 18 heavy (non-hydrogen) atoms. The monoisotopic (exact) mass is 244 g/mol. The van der Waals surface area contributed by atoms with E-state index < -0.39 is 0 Å². The Hall–Kier alpha value is -1.48. The highest BCUT2D eigenvalue weighted by atomic mass is 16.5. The number of nitrogens with one attached hydrogen (secondary N) is 1. The first-order chi connectivity index (χ1) is 8.79. The number of hydrogen-bond acceptors (Lipinski definition) is 2. The molecule has 3 nitrogen and oxygen atoms in total. The molecule has 3 rings (SSSR count). The Balaban J connectivity index is 2.09. The van der Waals surface area contributed by atoms with Gasteiger partial charge >= 0.3 is 0 Å². The first-order valence-electron chi connectivity index (χ1n) is 6.63. The maximum Gasteiger partial charge on any atom is 0.123 e. The Kier molecular flexibility index (Phi) is 3.00. The van der Waals surface area contributed by atoms with E-state index in [1.165, 1.54) is 29.3 Å². The molecule has 1 N–H and O–H groups in total. The van der Waals surface area contributed by atoms with Gasteiger partial charge in [0.25, 0.3) is 0 Å². The zero-order chi connectivity index (χ0) is 12.5. The summed E-state index contributed by atoms with van der Waals surface area (Å²) >= 11 is 0. The number of piperidine rings is 1. The van der Waals surface area contributed by atoms with Crippen LogP contribution < -0.4 is 10.1 Å². The van der Waals surface area contributed by atoms with Crippen molar-refractivity contribution in [1.82, 2.24) is 9.88 Å². The van der Waals surface area contributed by atoms with Gasteiger partial charge in [-0.05, 0) is 55.6 Å². The Bertz CT molecular complexity index is 553. The van der Waals surface area contributed by atoms with Crippen molar-refractivity contribution in [2.45, 2.75) is 18.8 Å². The number of rotatable bonds is 2. The Labute approximate surface area is 108 Å². The number of fused-ring (bicyclic) bond motifs is 1. The summed E-state index contributed by atoms with van der Waals surface area (Å²) in [4.78, 5) is 0. The maximum atomic E-state index is 5.59. The van der Waals surface area contributed by atoms with E-state index in [4.69, 9.17) is 4.74 Å². The first-order valence-corrected chi connectivity index (χ1v) is 6.63. The number of benzene rings is 1. The second-order valence-electron chi connectivity index (χ2n) is 5.10. The predicted molar refractivity (Wildman–Crippen MR) is 74.3 cm³/mol. The average Bonchev–Trinajstić information content (AvgIpc) is 2.79. The number of methoxy groups -OCH3 is 1. The zero-order valence-corrected chi connectivity index (χ0v) is 11.1. The van der Waals surface area contributed by atoms with E-state index in [9.17, 15) is 0 Å². The number of hydrogen-bond donors (Lipinski definition) is 1. The molecule has 1 saturated heterocycles. The van der Waals surface area contributed by atoms with Crippen LogP contribution in [0, 0.1) is 0 Å². The summed E-state index contributed by atoms with van der Waals surface area (Å²) in [5.74, 6) is 1.67. The standard InChI is InChI=1S/C15H20N2O/c1-17-8-5-12-9-15(18-2)13(10-14(12)17)11-3-6-16-7-4-11/h5,8-11,16H,3-4,6-7H2,1-2H3. The molecule has 96 valence electrons. The molecule has 2 heterocycles. The van der Waals surface area contributed by atoms with Crippen molar-refractivity contribution < 1.29 is 4.74 Å². The van der Waals surface area contributed by atoms with Gasteiger partial charge in [0.1, 0.15) is 5.75 Å². The van der Waals surface area contributed by atoms with Gasteiger partial charge in [0.2, 0.25) is 0 Å². The SMILES string of the molecule is COc1cc2ccn(C)c2cc1C1CCNCC1. The predicted octanol–water partition coefficient (Wildman–Crippen LogP) is 2.65. The summed E-state index contributed by atoms with van der Waals surface area (Å²) in [6, 6.07) is 6.63. The number of nitrogens with zero attached hydrogens (tertiary/aromatic N) is 1. The first kappa shape index (κ1) is 11.6. The van der Waals surface area contributed by atoms with Crippen LogP contribution in [0.4, 0.5) is 0 Å². The highest BCUT2D eigenvalue weighted by Gasteiger charge is 2.20. The molecule has 0 radical (unpaired) electrons. The molecule has 0 amide bonds. The lowest BCUT2D eigenvalue weighted by molar-refractivity contribution is 0.392. The lowest BCUT2D eigenvalue weighted by Crippen LogP contribution is -2.26. The molecule has 2 aromatic rings. The van der Waals surface area contributed by atoms with Gasteiger partial charge in [0, 0.05) is 24.1 Å². The molecule has 1 aromatic heterocycles. The van der Waals surface area contributed by atoms with Gasteiger partial charge in [-0.15, -0.1) is 0 Å². The summed E-state index contributed by atoms with van der Waals surface area (Å²) < 4.78 is 7.77. The fourth-order valence-electron chi connectivity index (χ4n) is 2.94. The molecule has 0 atom stereocenters. The van der Waals surface area contributed by atoms with Gasteiger partial charge in [0.05, 0.1) is 7.11 Å². The number of aromatic nitrogens is 1. The third kappa shape index (κ3) is 1.89. The topological polar surface area (TPSA) is 26.2 Å². The van der Waals surface area contributed by atoms with E-state index >= 15 is 0 Å². The van der Waals surface area contributed by atoms with Crippen LogP contribution >= 0.6 is 0 Å². The Morgan fingerprint density at radius 1 is 1.28 bits per heavy atom. The maximum absolute atomic E-state index is 5.59.